The first kappa shape index (κ1) is 20.4. The number of nitrogens with zero attached hydrogens (tertiary/aromatic N) is 5. The Morgan fingerprint density at radius 1 is 0.933 bits per heavy atom. The fourth-order valence-corrected chi connectivity index (χ4v) is 3.71. The lowest BCUT2D eigenvalue weighted by Crippen LogP contribution is -2.46. The Balaban J connectivity index is 1.47. The lowest BCUT2D eigenvalue weighted by molar-refractivity contribution is 0.249. The van der Waals surface area contributed by atoms with Gasteiger partial charge in [0, 0.05) is 63.6 Å². The van der Waals surface area contributed by atoms with Crippen LogP contribution in [0.4, 0.5) is 23.3 Å². The summed E-state index contributed by atoms with van der Waals surface area (Å²) in [7, 11) is 3.99. The van der Waals surface area contributed by atoms with Crippen molar-refractivity contribution in [1.29, 1.82) is 0 Å². The number of anilines is 4. The van der Waals surface area contributed by atoms with Crippen molar-refractivity contribution in [3.63, 3.8) is 0 Å². The number of nitrogens with one attached hydrogen (secondary N) is 1. The Kier molecular flexibility index (Phi) is 6.35. The van der Waals surface area contributed by atoms with E-state index in [1.165, 1.54) is 5.56 Å². The molecular weight excluding hydrogens is 396 g/mol. The molecule has 0 saturated carbocycles. The average molecular weight is 423 g/mol. The van der Waals surface area contributed by atoms with Crippen molar-refractivity contribution in [1.82, 2.24) is 14.9 Å². The molecule has 0 radical (unpaired) electrons. The molecule has 1 aliphatic rings. The van der Waals surface area contributed by atoms with Crippen molar-refractivity contribution in [2.75, 3.05) is 55.4 Å². The number of hydrogen-bond acceptors (Lipinski definition) is 6. The van der Waals surface area contributed by atoms with E-state index in [4.69, 9.17) is 21.6 Å². The van der Waals surface area contributed by atoms with E-state index in [0.29, 0.717) is 5.02 Å². The maximum absolute atomic E-state index is 6.12. The van der Waals surface area contributed by atoms with E-state index in [2.05, 4.69) is 45.4 Å². The van der Waals surface area contributed by atoms with Gasteiger partial charge in [-0.1, -0.05) is 48.0 Å². The van der Waals surface area contributed by atoms with Crippen LogP contribution in [0.25, 0.3) is 0 Å². The van der Waals surface area contributed by atoms with Gasteiger partial charge < -0.3 is 15.1 Å². The molecule has 1 aromatic heterocycles. The van der Waals surface area contributed by atoms with E-state index >= 15 is 0 Å². The van der Waals surface area contributed by atoms with E-state index < -0.39 is 0 Å². The first-order valence-electron chi connectivity index (χ1n) is 10.2. The average Bonchev–Trinajstić information content (AvgIpc) is 2.75. The molecule has 7 heteroatoms. The number of aromatic nitrogens is 2. The summed E-state index contributed by atoms with van der Waals surface area (Å²) < 4.78 is 0. The van der Waals surface area contributed by atoms with E-state index in [9.17, 15) is 0 Å². The maximum Gasteiger partial charge on any atom is 0.229 e. The molecule has 2 aromatic carbocycles. The van der Waals surface area contributed by atoms with Crippen molar-refractivity contribution < 1.29 is 0 Å². The van der Waals surface area contributed by atoms with Crippen LogP contribution in [0.5, 0.6) is 0 Å². The predicted octanol–water partition coefficient (Wildman–Crippen LogP) is 4.26. The Labute approximate surface area is 183 Å². The van der Waals surface area contributed by atoms with Gasteiger partial charge in [-0.05, 0) is 23.8 Å². The van der Waals surface area contributed by atoms with Gasteiger partial charge in [-0.2, -0.15) is 9.97 Å². The summed E-state index contributed by atoms with van der Waals surface area (Å²) in [6.07, 6.45) is 0. The third-order valence-corrected chi connectivity index (χ3v) is 5.40. The van der Waals surface area contributed by atoms with Gasteiger partial charge in [0.2, 0.25) is 5.95 Å². The molecule has 0 atom stereocenters. The normalized spacial score (nSPS) is 14.6. The molecule has 156 valence electrons. The van der Waals surface area contributed by atoms with E-state index in [1.54, 1.807) is 0 Å². The summed E-state index contributed by atoms with van der Waals surface area (Å²) in [5.74, 6) is 2.39. The van der Waals surface area contributed by atoms with Gasteiger partial charge in [0.15, 0.2) is 0 Å². The monoisotopic (exact) mass is 422 g/mol. The smallest absolute Gasteiger partial charge is 0.229 e. The second kappa shape index (κ2) is 9.32. The number of halogens is 1. The van der Waals surface area contributed by atoms with Crippen molar-refractivity contribution in [2.45, 2.75) is 6.54 Å². The minimum Gasteiger partial charge on any atom is -0.363 e. The largest absolute Gasteiger partial charge is 0.363 e. The second-order valence-electron chi connectivity index (χ2n) is 7.69. The highest BCUT2D eigenvalue weighted by Crippen LogP contribution is 2.24. The first-order valence-corrected chi connectivity index (χ1v) is 10.5. The van der Waals surface area contributed by atoms with Gasteiger partial charge in [-0.3, -0.25) is 4.90 Å². The molecule has 6 nitrogen and oxygen atoms in total. The summed E-state index contributed by atoms with van der Waals surface area (Å²) in [6.45, 7) is 4.76. The Morgan fingerprint density at radius 3 is 2.40 bits per heavy atom. The van der Waals surface area contributed by atoms with Gasteiger partial charge >= 0.3 is 0 Å². The van der Waals surface area contributed by atoms with E-state index in [-0.39, 0.29) is 0 Å². The summed E-state index contributed by atoms with van der Waals surface area (Å²) in [5.41, 5.74) is 2.26. The number of benzene rings is 2. The maximum atomic E-state index is 6.12. The number of piperazine rings is 1. The fourth-order valence-electron chi connectivity index (χ4n) is 3.52. The molecular formula is C23H27ClN6. The Hall–Kier alpha value is -2.83. The van der Waals surface area contributed by atoms with Gasteiger partial charge in [0.25, 0.3) is 0 Å². The molecule has 1 N–H and O–H groups in total. The van der Waals surface area contributed by atoms with Crippen molar-refractivity contribution in [2.24, 2.45) is 0 Å². The SMILES string of the molecule is CN(C)c1cc(Nc2cccc(Cl)c2)nc(N2CCN(Cc3ccccc3)CC2)n1. The molecule has 4 rings (SSSR count). The zero-order chi connectivity index (χ0) is 20.9. The van der Waals surface area contributed by atoms with Crippen LogP contribution in [0.15, 0.2) is 60.7 Å². The van der Waals surface area contributed by atoms with Crippen LogP contribution in [-0.4, -0.2) is 55.1 Å². The molecule has 1 fully saturated rings. The Bertz CT molecular complexity index is 970. The van der Waals surface area contributed by atoms with E-state index in [0.717, 1.165) is 56.0 Å². The molecule has 3 aromatic rings. The minimum atomic E-state index is 0.691. The minimum absolute atomic E-state index is 0.691. The quantitative estimate of drug-likeness (QED) is 0.640. The van der Waals surface area contributed by atoms with Crippen molar-refractivity contribution >= 4 is 34.9 Å². The van der Waals surface area contributed by atoms with Gasteiger partial charge in [0.1, 0.15) is 11.6 Å². The summed E-state index contributed by atoms with van der Waals surface area (Å²) >= 11 is 6.12. The van der Waals surface area contributed by atoms with Crippen molar-refractivity contribution in [3.05, 3.63) is 71.2 Å². The van der Waals surface area contributed by atoms with Crippen LogP contribution in [-0.2, 0) is 6.54 Å². The highest BCUT2D eigenvalue weighted by atomic mass is 35.5. The third kappa shape index (κ3) is 5.20. The molecule has 0 spiro atoms. The zero-order valence-corrected chi connectivity index (χ0v) is 18.2. The topological polar surface area (TPSA) is 47.5 Å². The van der Waals surface area contributed by atoms with Gasteiger partial charge in [-0.15, -0.1) is 0 Å². The van der Waals surface area contributed by atoms with Crippen LogP contribution in [0.1, 0.15) is 5.56 Å². The molecule has 0 aliphatic carbocycles. The first-order chi connectivity index (χ1) is 14.6. The molecule has 0 amide bonds. The molecule has 0 bridgehead atoms. The lowest BCUT2D eigenvalue weighted by atomic mass is 10.2. The molecule has 2 heterocycles. The van der Waals surface area contributed by atoms with Crippen LogP contribution in [0.3, 0.4) is 0 Å². The number of hydrogen-bond donors (Lipinski definition) is 1. The molecule has 1 aliphatic heterocycles. The summed E-state index contributed by atoms with van der Waals surface area (Å²) in [6, 6.07) is 20.2. The molecule has 0 unspecified atom stereocenters. The second-order valence-corrected chi connectivity index (χ2v) is 8.13. The molecule has 30 heavy (non-hydrogen) atoms. The standard InChI is InChI=1S/C23H27ClN6/c1-28(2)22-16-21(25-20-10-6-9-19(24)15-20)26-23(27-22)30-13-11-29(12-14-30)17-18-7-4-3-5-8-18/h3-10,15-16H,11-14,17H2,1-2H3,(H,25,26,27). The van der Waals surface area contributed by atoms with Gasteiger partial charge in [-0.25, -0.2) is 0 Å². The molecule has 1 saturated heterocycles. The van der Waals surface area contributed by atoms with E-state index in [1.807, 2.05) is 49.3 Å². The highest BCUT2D eigenvalue weighted by molar-refractivity contribution is 6.30. The Morgan fingerprint density at radius 2 is 1.70 bits per heavy atom. The zero-order valence-electron chi connectivity index (χ0n) is 17.4. The summed E-state index contributed by atoms with van der Waals surface area (Å²) in [5, 5.41) is 4.05. The summed E-state index contributed by atoms with van der Waals surface area (Å²) in [4.78, 5) is 16.3. The predicted molar refractivity (Wildman–Crippen MR) is 125 cm³/mol. The van der Waals surface area contributed by atoms with Crippen LogP contribution >= 0.6 is 11.6 Å². The number of rotatable bonds is 6. The van der Waals surface area contributed by atoms with Gasteiger partial charge in [0.05, 0.1) is 0 Å². The highest BCUT2D eigenvalue weighted by Gasteiger charge is 2.20. The van der Waals surface area contributed by atoms with Crippen LogP contribution < -0.4 is 15.1 Å². The lowest BCUT2D eigenvalue weighted by Gasteiger charge is -2.35. The van der Waals surface area contributed by atoms with Crippen molar-refractivity contribution in [3.8, 4) is 0 Å². The van der Waals surface area contributed by atoms with Crippen LogP contribution in [0.2, 0.25) is 5.02 Å². The van der Waals surface area contributed by atoms with Crippen LogP contribution in [0, 0.1) is 0 Å². The third-order valence-electron chi connectivity index (χ3n) is 5.16. The fraction of sp³-hybridized carbons (Fsp3) is 0.304.